The van der Waals surface area contributed by atoms with Crippen molar-refractivity contribution in [1.82, 2.24) is 4.90 Å². The molecule has 1 amide bonds. The zero-order valence-corrected chi connectivity index (χ0v) is 16.1. The van der Waals surface area contributed by atoms with Crippen molar-refractivity contribution in [2.24, 2.45) is 5.73 Å². The van der Waals surface area contributed by atoms with Crippen LogP contribution in [0.2, 0.25) is 0 Å². The molecular weight excluding hydrogens is 368 g/mol. The number of likely N-dealkylation sites (tertiary alicyclic amines) is 1. The number of amides is 1. The van der Waals surface area contributed by atoms with Gasteiger partial charge in [0.1, 0.15) is 0 Å². The van der Waals surface area contributed by atoms with Gasteiger partial charge < -0.3 is 20.1 Å². The normalized spacial score (nSPS) is 17.6. The summed E-state index contributed by atoms with van der Waals surface area (Å²) in [5.74, 6) is 0.378. The van der Waals surface area contributed by atoms with Gasteiger partial charge in [0.25, 0.3) is 0 Å². The smallest absolute Gasteiger partial charge is 0.223 e. The third-order valence-corrected chi connectivity index (χ3v) is 5.82. The number of halogens is 1. The Bertz CT molecular complexity index is 696. The molecule has 0 aromatic heterocycles. The van der Waals surface area contributed by atoms with Gasteiger partial charge in [0.2, 0.25) is 5.91 Å². The second-order valence-corrected chi connectivity index (χ2v) is 7.94. The molecule has 9 heteroatoms. The quantitative estimate of drug-likeness (QED) is 0.781. The number of carbonyl (C=O) groups excluding carboxylic acids is 1. The molecule has 1 saturated heterocycles. The molecule has 0 aliphatic carbocycles. The minimum absolute atomic E-state index is 0. The van der Waals surface area contributed by atoms with E-state index in [-0.39, 0.29) is 41.4 Å². The highest BCUT2D eigenvalue weighted by molar-refractivity contribution is 7.91. The van der Waals surface area contributed by atoms with Gasteiger partial charge in [-0.3, -0.25) is 4.79 Å². The van der Waals surface area contributed by atoms with Crippen molar-refractivity contribution in [2.75, 3.05) is 33.1 Å². The van der Waals surface area contributed by atoms with E-state index in [1.165, 1.54) is 32.4 Å². The Morgan fingerprint density at radius 3 is 2.56 bits per heavy atom. The number of methoxy groups -OCH3 is 2. The lowest BCUT2D eigenvalue weighted by molar-refractivity contribution is -0.131. The van der Waals surface area contributed by atoms with Gasteiger partial charge in [-0.15, -0.1) is 12.4 Å². The Kier molecular flexibility index (Phi) is 7.98. The number of carbonyl (C=O) groups is 1. The van der Waals surface area contributed by atoms with Crippen molar-refractivity contribution in [2.45, 2.75) is 30.2 Å². The van der Waals surface area contributed by atoms with Gasteiger partial charge in [-0.25, -0.2) is 8.42 Å². The van der Waals surface area contributed by atoms with Crippen molar-refractivity contribution in [1.29, 1.82) is 0 Å². The van der Waals surface area contributed by atoms with Crippen molar-refractivity contribution in [3.05, 3.63) is 18.2 Å². The molecule has 1 atom stereocenters. The number of hydrogen-bond acceptors (Lipinski definition) is 6. The molecule has 0 bridgehead atoms. The topological polar surface area (TPSA) is 98.9 Å². The van der Waals surface area contributed by atoms with Crippen LogP contribution >= 0.6 is 12.4 Å². The summed E-state index contributed by atoms with van der Waals surface area (Å²) in [6.45, 7) is 1.14. The fourth-order valence-electron chi connectivity index (χ4n) is 2.74. The maximum atomic E-state index is 12.5. The summed E-state index contributed by atoms with van der Waals surface area (Å²) in [4.78, 5) is 14.0. The van der Waals surface area contributed by atoms with Gasteiger partial charge in [-0.2, -0.15) is 0 Å². The molecule has 1 aromatic carbocycles. The third-order valence-electron chi connectivity index (χ3n) is 4.11. The molecule has 1 aliphatic heterocycles. The molecule has 1 unspecified atom stereocenters. The van der Waals surface area contributed by atoms with E-state index in [4.69, 9.17) is 15.2 Å². The Morgan fingerprint density at radius 1 is 1.28 bits per heavy atom. The number of nitrogens with two attached hydrogens (primary N) is 1. The second-order valence-electron chi connectivity index (χ2n) is 5.83. The van der Waals surface area contributed by atoms with Crippen molar-refractivity contribution in [3.8, 4) is 11.5 Å². The van der Waals surface area contributed by atoms with Crippen LogP contribution in [0.15, 0.2) is 23.1 Å². The van der Waals surface area contributed by atoms with Crippen molar-refractivity contribution >= 4 is 28.2 Å². The fraction of sp³-hybridized carbons (Fsp3) is 0.562. The van der Waals surface area contributed by atoms with E-state index in [1.807, 2.05) is 0 Å². The number of rotatable bonds is 6. The summed E-state index contributed by atoms with van der Waals surface area (Å²) < 4.78 is 35.1. The van der Waals surface area contributed by atoms with E-state index in [0.29, 0.717) is 24.6 Å². The number of piperidine rings is 1. The molecule has 142 valence electrons. The largest absolute Gasteiger partial charge is 0.493 e. The highest BCUT2D eigenvalue weighted by Crippen LogP contribution is 2.30. The van der Waals surface area contributed by atoms with Crippen LogP contribution in [-0.2, 0) is 14.6 Å². The summed E-state index contributed by atoms with van der Waals surface area (Å²) in [6.07, 6.45) is 1.70. The summed E-state index contributed by atoms with van der Waals surface area (Å²) in [5, 5.41) is 0. The second kappa shape index (κ2) is 9.26. The number of ether oxygens (including phenoxy) is 2. The lowest BCUT2D eigenvalue weighted by Crippen LogP contribution is -2.46. The van der Waals surface area contributed by atoms with E-state index in [9.17, 15) is 13.2 Å². The zero-order valence-electron chi connectivity index (χ0n) is 14.4. The van der Waals surface area contributed by atoms with Crippen LogP contribution in [0.25, 0.3) is 0 Å². The van der Waals surface area contributed by atoms with Crippen LogP contribution in [0.4, 0.5) is 0 Å². The van der Waals surface area contributed by atoms with Crippen molar-refractivity contribution in [3.63, 3.8) is 0 Å². The first-order valence-corrected chi connectivity index (χ1v) is 9.50. The number of hydrogen-bond donors (Lipinski definition) is 1. The van der Waals surface area contributed by atoms with Gasteiger partial charge in [-0.05, 0) is 25.0 Å². The van der Waals surface area contributed by atoms with Crippen LogP contribution in [0.3, 0.4) is 0 Å². The molecule has 2 rings (SSSR count). The van der Waals surface area contributed by atoms with E-state index in [0.717, 1.165) is 12.8 Å². The first-order chi connectivity index (χ1) is 11.4. The molecule has 25 heavy (non-hydrogen) atoms. The highest BCUT2D eigenvalue weighted by atomic mass is 35.5. The molecule has 1 fully saturated rings. The van der Waals surface area contributed by atoms with E-state index in [1.54, 1.807) is 4.90 Å². The first-order valence-electron chi connectivity index (χ1n) is 7.85. The predicted octanol–water partition coefficient (Wildman–Crippen LogP) is 1.24. The Balaban J connectivity index is 0.00000312. The van der Waals surface area contributed by atoms with Crippen LogP contribution in [0.5, 0.6) is 11.5 Å². The van der Waals surface area contributed by atoms with Crippen LogP contribution in [0.1, 0.15) is 19.3 Å². The maximum absolute atomic E-state index is 12.5. The van der Waals surface area contributed by atoms with Crippen LogP contribution in [-0.4, -0.2) is 58.3 Å². The first kappa shape index (κ1) is 21.5. The zero-order chi connectivity index (χ0) is 17.7. The van der Waals surface area contributed by atoms with Gasteiger partial charge in [0, 0.05) is 31.6 Å². The molecule has 0 spiro atoms. The molecule has 7 nitrogen and oxygen atoms in total. The lowest BCUT2D eigenvalue weighted by atomic mass is 10.1. The standard InChI is InChI=1S/C16H24N2O5S.ClH/c1-22-14-6-5-13(10-15(14)23-2)24(20,21)9-7-16(19)18-8-3-4-12(17)11-18;/h5-6,10,12H,3-4,7-9,11,17H2,1-2H3;1H. The highest BCUT2D eigenvalue weighted by Gasteiger charge is 2.24. The molecule has 2 N–H and O–H groups in total. The molecule has 0 saturated carbocycles. The van der Waals surface area contributed by atoms with E-state index < -0.39 is 9.84 Å². The fourth-order valence-corrected chi connectivity index (χ4v) is 3.99. The summed E-state index contributed by atoms with van der Waals surface area (Å²) in [6, 6.07) is 4.38. The average molecular weight is 393 g/mol. The summed E-state index contributed by atoms with van der Waals surface area (Å²) >= 11 is 0. The molecule has 1 heterocycles. The maximum Gasteiger partial charge on any atom is 0.223 e. The number of sulfone groups is 1. The molecular formula is C16H25ClN2O5S. The minimum atomic E-state index is -3.58. The summed E-state index contributed by atoms with van der Waals surface area (Å²) in [7, 11) is -0.657. The monoisotopic (exact) mass is 392 g/mol. The van der Waals surface area contributed by atoms with Crippen molar-refractivity contribution < 1.29 is 22.7 Å². The molecule has 1 aromatic rings. The number of nitrogens with zero attached hydrogens (tertiary/aromatic N) is 1. The Labute approximate surface area is 154 Å². The third kappa shape index (κ3) is 5.49. The van der Waals surface area contributed by atoms with Gasteiger partial charge in [0.05, 0.1) is 24.9 Å². The van der Waals surface area contributed by atoms with Crippen LogP contribution in [0, 0.1) is 0 Å². The number of benzene rings is 1. The minimum Gasteiger partial charge on any atom is -0.493 e. The Hall–Kier alpha value is -1.51. The van der Waals surface area contributed by atoms with E-state index in [2.05, 4.69) is 0 Å². The predicted molar refractivity (Wildman–Crippen MR) is 97.3 cm³/mol. The van der Waals surface area contributed by atoms with Gasteiger partial charge in [0.15, 0.2) is 21.3 Å². The van der Waals surface area contributed by atoms with Crippen LogP contribution < -0.4 is 15.2 Å². The van der Waals surface area contributed by atoms with E-state index >= 15 is 0 Å². The SMILES string of the molecule is COc1ccc(S(=O)(=O)CCC(=O)N2CCCC(N)C2)cc1OC.Cl. The van der Waals surface area contributed by atoms with Gasteiger partial charge >= 0.3 is 0 Å². The average Bonchev–Trinajstić information content (AvgIpc) is 2.59. The summed E-state index contributed by atoms with van der Waals surface area (Å²) in [5.41, 5.74) is 5.86. The lowest BCUT2D eigenvalue weighted by Gasteiger charge is -2.30. The molecule has 1 aliphatic rings. The Morgan fingerprint density at radius 2 is 1.96 bits per heavy atom. The molecule has 0 radical (unpaired) electrons. The van der Waals surface area contributed by atoms with Gasteiger partial charge in [-0.1, -0.05) is 0 Å².